The minimum absolute atomic E-state index is 0.0780. The van der Waals surface area contributed by atoms with Crippen LogP contribution in [0.1, 0.15) is 21.6 Å². The molecule has 0 radical (unpaired) electrons. The molecule has 0 spiro atoms. The van der Waals surface area contributed by atoms with E-state index in [9.17, 15) is 14.9 Å². The van der Waals surface area contributed by atoms with Gasteiger partial charge in [-0.1, -0.05) is 29.8 Å². The molecule has 2 heterocycles. The summed E-state index contributed by atoms with van der Waals surface area (Å²) in [4.78, 5) is 25.8. The minimum Gasteiger partial charge on any atom is -0.431 e. The number of amides is 1. The first kappa shape index (κ1) is 20.5. The molecule has 0 bridgehead atoms. The zero-order valence-corrected chi connectivity index (χ0v) is 17.3. The van der Waals surface area contributed by atoms with Gasteiger partial charge in [-0.2, -0.15) is 9.78 Å². The number of benzene rings is 2. The molecular weight excluding hydrogens is 400 g/mol. The number of aryl methyl sites for hydroxylation is 1. The van der Waals surface area contributed by atoms with Crippen LogP contribution >= 0.6 is 0 Å². The van der Waals surface area contributed by atoms with Crippen LogP contribution in [-0.4, -0.2) is 51.8 Å². The Hall–Kier alpha value is -3.72. The number of carbonyl (C=O) groups excluding carboxylic acids is 1. The molecule has 9 nitrogen and oxygen atoms in total. The standard InChI is InChI=1S/C22H22N4O5/c1-15-7-9-17(10-8-15)25-22(31-19-6-4-3-5-18(19)26(28)29)16(2)20(23-25)21(27)24-11-13-30-14-12-24/h3-10H,11-14H2,1-2H3. The van der Waals surface area contributed by atoms with Crippen molar-refractivity contribution in [3.63, 3.8) is 0 Å². The molecule has 0 atom stereocenters. The Morgan fingerprint density at radius 2 is 1.77 bits per heavy atom. The van der Waals surface area contributed by atoms with Crippen LogP contribution in [0.25, 0.3) is 5.69 Å². The van der Waals surface area contributed by atoms with E-state index in [1.807, 2.05) is 31.2 Å². The van der Waals surface area contributed by atoms with Gasteiger partial charge >= 0.3 is 5.69 Å². The quantitative estimate of drug-likeness (QED) is 0.460. The fraction of sp³-hybridized carbons (Fsp3) is 0.273. The third kappa shape index (κ3) is 4.13. The molecule has 0 saturated carbocycles. The van der Waals surface area contributed by atoms with Gasteiger partial charge in [-0.25, -0.2) is 0 Å². The highest BCUT2D eigenvalue weighted by molar-refractivity contribution is 5.94. The lowest BCUT2D eigenvalue weighted by molar-refractivity contribution is -0.385. The van der Waals surface area contributed by atoms with Crippen molar-refractivity contribution >= 4 is 11.6 Å². The molecule has 9 heteroatoms. The van der Waals surface area contributed by atoms with E-state index < -0.39 is 4.92 Å². The number of rotatable bonds is 5. The second-order valence-electron chi connectivity index (χ2n) is 7.26. The number of hydrogen-bond donors (Lipinski definition) is 0. The lowest BCUT2D eigenvalue weighted by Gasteiger charge is -2.26. The maximum Gasteiger partial charge on any atom is 0.311 e. The van der Waals surface area contributed by atoms with Crippen LogP contribution in [-0.2, 0) is 4.74 Å². The molecule has 3 aromatic rings. The molecule has 0 N–H and O–H groups in total. The average molecular weight is 422 g/mol. The van der Waals surface area contributed by atoms with Crippen molar-refractivity contribution in [1.29, 1.82) is 0 Å². The summed E-state index contributed by atoms with van der Waals surface area (Å²) in [5.74, 6) is 0.114. The molecule has 2 aromatic carbocycles. The zero-order valence-electron chi connectivity index (χ0n) is 17.3. The van der Waals surface area contributed by atoms with Crippen LogP contribution in [0.2, 0.25) is 0 Å². The molecule has 1 aliphatic heterocycles. The second kappa shape index (κ2) is 8.57. The van der Waals surface area contributed by atoms with E-state index in [2.05, 4.69) is 5.10 Å². The van der Waals surface area contributed by atoms with Crippen molar-refractivity contribution in [2.24, 2.45) is 0 Å². The van der Waals surface area contributed by atoms with E-state index >= 15 is 0 Å². The van der Waals surface area contributed by atoms with Gasteiger partial charge in [0.15, 0.2) is 5.69 Å². The van der Waals surface area contributed by atoms with Crippen LogP contribution in [0.4, 0.5) is 5.69 Å². The van der Waals surface area contributed by atoms with Gasteiger partial charge in [0, 0.05) is 24.7 Å². The minimum atomic E-state index is -0.503. The molecule has 160 valence electrons. The summed E-state index contributed by atoms with van der Waals surface area (Å²) < 4.78 is 12.8. The Morgan fingerprint density at radius 3 is 2.45 bits per heavy atom. The smallest absolute Gasteiger partial charge is 0.311 e. The lowest BCUT2D eigenvalue weighted by atomic mass is 10.2. The summed E-state index contributed by atoms with van der Waals surface area (Å²) in [5.41, 5.74) is 2.34. The highest BCUT2D eigenvalue weighted by Gasteiger charge is 2.28. The first-order chi connectivity index (χ1) is 15.0. The van der Waals surface area contributed by atoms with Crippen molar-refractivity contribution in [2.45, 2.75) is 13.8 Å². The van der Waals surface area contributed by atoms with E-state index in [-0.39, 0.29) is 28.9 Å². The van der Waals surface area contributed by atoms with Crippen molar-refractivity contribution < 1.29 is 19.2 Å². The van der Waals surface area contributed by atoms with Gasteiger partial charge in [0.25, 0.3) is 5.91 Å². The van der Waals surface area contributed by atoms with Gasteiger partial charge in [-0.3, -0.25) is 14.9 Å². The summed E-state index contributed by atoms with van der Waals surface area (Å²) in [6, 6.07) is 13.7. The fourth-order valence-electron chi connectivity index (χ4n) is 3.38. The molecular formula is C22H22N4O5. The number of para-hydroxylation sites is 2. The predicted octanol–water partition coefficient (Wildman–Crippen LogP) is 3.66. The number of aromatic nitrogens is 2. The molecule has 0 aliphatic carbocycles. The molecule has 1 amide bonds. The predicted molar refractivity (Wildman–Crippen MR) is 113 cm³/mol. The molecule has 1 aromatic heterocycles. The normalized spacial score (nSPS) is 13.8. The van der Waals surface area contributed by atoms with E-state index in [1.54, 1.807) is 24.0 Å². The molecule has 1 aliphatic rings. The lowest BCUT2D eigenvalue weighted by Crippen LogP contribution is -2.41. The number of nitrogens with zero attached hydrogens (tertiary/aromatic N) is 4. The van der Waals surface area contributed by atoms with E-state index in [4.69, 9.17) is 9.47 Å². The van der Waals surface area contributed by atoms with E-state index in [0.29, 0.717) is 37.6 Å². The van der Waals surface area contributed by atoms with Crippen molar-refractivity contribution in [1.82, 2.24) is 14.7 Å². The first-order valence-corrected chi connectivity index (χ1v) is 9.90. The third-order valence-corrected chi connectivity index (χ3v) is 5.12. The van der Waals surface area contributed by atoms with Crippen molar-refractivity contribution in [2.75, 3.05) is 26.3 Å². The monoisotopic (exact) mass is 422 g/mol. The molecule has 1 saturated heterocycles. The van der Waals surface area contributed by atoms with Gasteiger partial charge in [-0.15, -0.1) is 0 Å². The largest absolute Gasteiger partial charge is 0.431 e. The fourth-order valence-corrected chi connectivity index (χ4v) is 3.38. The molecule has 1 fully saturated rings. The van der Waals surface area contributed by atoms with Crippen LogP contribution in [0.15, 0.2) is 48.5 Å². The van der Waals surface area contributed by atoms with Crippen molar-refractivity contribution in [3.05, 3.63) is 75.5 Å². The Bertz CT molecular complexity index is 1120. The van der Waals surface area contributed by atoms with Crippen LogP contribution in [0.3, 0.4) is 0 Å². The number of nitro groups is 1. The van der Waals surface area contributed by atoms with E-state index in [0.717, 1.165) is 5.56 Å². The van der Waals surface area contributed by atoms with E-state index in [1.165, 1.54) is 16.8 Å². The van der Waals surface area contributed by atoms with Gasteiger partial charge in [-0.05, 0) is 32.0 Å². The number of nitro benzene ring substituents is 1. The SMILES string of the molecule is Cc1ccc(-n2nc(C(=O)N3CCOCC3)c(C)c2Oc2ccccc2[N+](=O)[O-])cc1. The number of hydrogen-bond acceptors (Lipinski definition) is 6. The van der Waals surface area contributed by atoms with Crippen molar-refractivity contribution in [3.8, 4) is 17.3 Å². The molecule has 31 heavy (non-hydrogen) atoms. The zero-order chi connectivity index (χ0) is 22.0. The van der Waals surface area contributed by atoms with Crippen LogP contribution in [0.5, 0.6) is 11.6 Å². The Labute approximate surface area is 179 Å². The van der Waals surface area contributed by atoms with Gasteiger partial charge in [0.05, 0.1) is 23.8 Å². The third-order valence-electron chi connectivity index (χ3n) is 5.12. The van der Waals surface area contributed by atoms with Gasteiger partial charge in [0.1, 0.15) is 0 Å². The topological polar surface area (TPSA) is 99.7 Å². The number of morpholine rings is 1. The summed E-state index contributed by atoms with van der Waals surface area (Å²) in [6.07, 6.45) is 0. The first-order valence-electron chi connectivity index (χ1n) is 9.90. The maximum atomic E-state index is 13.1. The summed E-state index contributed by atoms with van der Waals surface area (Å²) in [5, 5.41) is 16.0. The summed E-state index contributed by atoms with van der Waals surface area (Å²) >= 11 is 0. The van der Waals surface area contributed by atoms with Crippen LogP contribution < -0.4 is 4.74 Å². The number of ether oxygens (including phenoxy) is 2. The Kier molecular flexibility index (Phi) is 5.68. The highest BCUT2D eigenvalue weighted by Crippen LogP contribution is 2.35. The molecule has 0 unspecified atom stereocenters. The summed E-state index contributed by atoms with van der Waals surface area (Å²) in [7, 11) is 0. The average Bonchev–Trinajstić information content (AvgIpc) is 3.10. The van der Waals surface area contributed by atoms with Gasteiger partial charge < -0.3 is 14.4 Å². The second-order valence-corrected chi connectivity index (χ2v) is 7.26. The van der Waals surface area contributed by atoms with Crippen LogP contribution in [0, 0.1) is 24.0 Å². The molecule has 4 rings (SSSR count). The highest BCUT2D eigenvalue weighted by atomic mass is 16.6. The number of carbonyl (C=O) groups is 1. The summed E-state index contributed by atoms with van der Waals surface area (Å²) in [6.45, 7) is 5.61. The Balaban J connectivity index is 1.80. The van der Waals surface area contributed by atoms with Gasteiger partial charge in [0.2, 0.25) is 11.6 Å². The maximum absolute atomic E-state index is 13.1. The Morgan fingerprint density at radius 1 is 1.10 bits per heavy atom.